The number of hydrogen-bond donors (Lipinski definition) is 0. The summed E-state index contributed by atoms with van der Waals surface area (Å²) in [7, 11) is 0. The van der Waals surface area contributed by atoms with E-state index in [1.165, 1.54) is 5.56 Å². The van der Waals surface area contributed by atoms with E-state index in [4.69, 9.17) is 12.2 Å². The number of nitrogens with zero attached hydrogens (tertiary/aromatic N) is 1. The topological polar surface area (TPSA) is 38.8 Å². The van der Waals surface area contributed by atoms with Gasteiger partial charge in [-0.05, 0) is 111 Å². The van der Waals surface area contributed by atoms with E-state index in [9.17, 15) is 4.79 Å². The standard InChI is InChI=1S/C32H45NO3/c1-9-35-28-16-24-15-25(30(34)26(24)17-29(28)36-10-2)18-32(8)13-14-33(20-31(32,6)7)19-27-22(4)12-11-21(3)23(27)5/h11-12,16-17,25H,9-10,13-15,18-20H2,1-8H3/i11D,12D. The van der Waals surface area contributed by atoms with Crippen LogP contribution >= 0.6 is 0 Å². The summed E-state index contributed by atoms with van der Waals surface area (Å²) < 4.78 is 28.3. The number of carbonyl (C=O) groups is 1. The van der Waals surface area contributed by atoms with Crippen LogP contribution in [0.2, 0.25) is 0 Å². The van der Waals surface area contributed by atoms with Gasteiger partial charge < -0.3 is 9.47 Å². The van der Waals surface area contributed by atoms with Crippen LogP contribution in [0.15, 0.2) is 24.2 Å². The van der Waals surface area contributed by atoms with Crippen molar-refractivity contribution in [2.24, 2.45) is 16.7 Å². The third-order valence-corrected chi connectivity index (χ3v) is 9.09. The fourth-order valence-electron chi connectivity index (χ4n) is 6.23. The van der Waals surface area contributed by atoms with Gasteiger partial charge in [0.15, 0.2) is 17.3 Å². The molecule has 1 fully saturated rings. The minimum Gasteiger partial charge on any atom is -0.490 e. The Morgan fingerprint density at radius 3 is 2.31 bits per heavy atom. The van der Waals surface area contributed by atoms with Gasteiger partial charge in [-0.25, -0.2) is 0 Å². The van der Waals surface area contributed by atoms with Crippen molar-refractivity contribution in [3.05, 3.63) is 57.6 Å². The van der Waals surface area contributed by atoms with Crippen molar-refractivity contribution < 1.29 is 17.0 Å². The molecule has 2 atom stereocenters. The Kier molecular flexibility index (Phi) is 6.81. The molecule has 0 radical (unpaired) electrons. The molecule has 0 bridgehead atoms. The number of ketones is 1. The third-order valence-electron chi connectivity index (χ3n) is 9.09. The van der Waals surface area contributed by atoms with Gasteiger partial charge in [0.1, 0.15) is 0 Å². The molecule has 1 heterocycles. The Morgan fingerprint density at radius 1 is 1.03 bits per heavy atom. The largest absolute Gasteiger partial charge is 0.490 e. The summed E-state index contributed by atoms with van der Waals surface area (Å²) in [5.41, 5.74) is 6.10. The zero-order chi connectivity index (χ0) is 28.0. The Morgan fingerprint density at radius 2 is 1.67 bits per heavy atom. The Bertz CT molecular complexity index is 1210. The number of hydrogen-bond acceptors (Lipinski definition) is 4. The van der Waals surface area contributed by atoms with Crippen molar-refractivity contribution in [1.82, 2.24) is 4.90 Å². The van der Waals surface area contributed by atoms with E-state index in [1.807, 2.05) is 39.8 Å². The molecule has 2 aliphatic rings. The van der Waals surface area contributed by atoms with E-state index in [0.717, 1.165) is 72.5 Å². The van der Waals surface area contributed by atoms with Crippen LogP contribution in [0, 0.1) is 37.5 Å². The SMILES string of the molecule is [2H]c1c([2H])c(C)c(CN2CCC(C)(CC3Cc4cc(OCC)c(OCC)cc4C3=O)C(C)(C)C2)c(C)c1C. The maximum absolute atomic E-state index is 13.6. The van der Waals surface area contributed by atoms with E-state index < -0.39 is 0 Å². The summed E-state index contributed by atoms with van der Waals surface area (Å²) in [5.74, 6) is 1.62. The second-order valence-electron chi connectivity index (χ2n) is 11.8. The predicted octanol–water partition coefficient (Wildman–Crippen LogP) is 7.09. The molecule has 0 amide bonds. The van der Waals surface area contributed by atoms with Crippen LogP contribution in [0.1, 0.15) is 88.4 Å². The molecule has 1 aliphatic carbocycles. The minimum atomic E-state index is -0.0187. The minimum absolute atomic E-state index is 0.0171. The van der Waals surface area contributed by atoms with Crippen molar-refractivity contribution in [1.29, 1.82) is 0 Å². The third kappa shape index (κ3) is 4.94. The molecule has 36 heavy (non-hydrogen) atoms. The molecule has 0 N–H and O–H groups in total. The monoisotopic (exact) mass is 493 g/mol. The van der Waals surface area contributed by atoms with Gasteiger partial charge in [-0.2, -0.15) is 0 Å². The number of Topliss-reactive ketones (excluding diaryl/α,β-unsaturated/α-hetero) is 1. The molecule has 0 aromatic heterocycles. The fourth-order valence-corrected chi connectivity index (χ4v) is 6.23. The molecular formula is C32H45NO3. The molecule has 0 spiro atoms. The van der Waals surface area contributed by atoms with Crippen molar-refractivity contribution >= 4 is 5.78 Å². The smallest absolute Gasteiger partial charge is 0.166 e. The van der Waals surface area contributed by atoms with Crippen LogP contribution in [0.3, 0.4) is 0 Å². The molecule has 2 aromatic carbocycles. The molecule has 2 unspecified atom stereocenters. The molecule has 196 valence electrons. The van der Waals surface area contributed by atoms with Gasteiger partial charge in [-0.15, -0.1) is 0 Å². The highest BCUT2D eigenvalue weighted by Gasteiger charge is 2.48. The summed E-state index contributed by atoms with van der Waals surface area (Å²) >= 11 is 0. The molecule has 1 aliphatic heterocycles. The second-order valence-corrected chi connectivity index (χ2v) is 11.8. The fraction of sp³-hybridized carbons (Fsp3) is 0.594. The number of carbonyl (C=O) groups excluding carboxylic acids is 1. The molecule has 1 saturated heterocycles. The molecule has 2 aromatic rings. The lowest BCUT2D eigenvalue weighted by Crippen LogP contribution is -2.52. The van der Waals surface area contributed by atoms with Crippen LogP contribution in [-0.2, 0) is 13.0 Å². The first kappa shape index (κ1) is 24.0. The highest BCUT2D eigenvalue weighted by Crippen LogP contribution is 2.52. The number of rotatable bonds is 8. The first-order valence-electron chi connectivity index (χ1n) is 14.6. The number of fused-ring (bicyclic) bond motifs is 1. The highest BCUT2D eigenvalue weighted by molar-refractivity contribution is 6.03. The lowest BCUT2D eigenvalue weighted by Gasteiger charge is -2.53. The number of benzene rings is 2. The van der Waals surface area contributed by atoms with Crippen LogP contribution in [0.25, 0.3) is 0 Å². The molecular weight excluding hydrogens is 446 g/mol. The van der Waals surface area contributed by atoms with Gasteiger partial charge >= 0.3 is 0 Å². The van der Waals surface area contributed by atoms with E-state index in [1.54, 1.807) is 0 Å². The first-order valence-corrected chi connectivity index (χ1v) is 13.6. The maximum Gasteiger partial charge on any atom is 0.166 e. The summed E-state index contributed by atoms with van der Waals surface area (Å²) in [6.45, 7) is 20.8. The maximum atomic E-state index is 13.6. The summed E-state index contributed by atoms with van der Waals surface area (Å²) in [4.78, 5) is 16.1. The van der Waals surface area contributed by atoms with E-state index in [-0.39, 0.29) is 22.5 Å². The van der Waals surface area contributed by atoms with Crippen LogP contribution in [-0.4, -0.2) is 37.0 Å². The van der Waals surface area contributed by atoms with Crippen molar-refractivity contribution in [2.75, 3.05) is 26.3 Å². The Balaban J connectivity index is 1.51. The Labute approximate surface area is 221 Å². The summed E-state index contributed by atoms with van der Waals surface area (Å²) in [6, 6.07) is 4.62. The number of likely N-dealkylation sites (tertiary alicyclic amines) is 1. The van der Waals surface area contributed by atoms with Crippen molar-refractivity contribution in [2.45, 2.75) is 81.2 Å². The van der Waals surface area contributed by atoms with Crippen LogP contribution < -0.4 is 9.47 Å². The van der Waals surface area contributed by atoms with E-state index in [0.29, 0.717) is 31.0 Å². The Hall–Kier alpha value is -2.33. The quantitative estimate of drug-likeness (QED) is 0.393. The van der Waals surface area contributed by atoms with Gasteiger partial charge in [0.25, 0.3) is 0 Å². The lowest BCUT2D eigenvalue weighted by atomic mass is 9.58. The summed E-state index contributed by atoms with van der Waals surface area (Å²) in [6.07, 6.45) is 2.66. The van der Waals surface area contributed by atoms with Crippen LogP contribution in [0.5, 0.6) is 11.5 Å². The van der Waals surface area contributed by atoms with Crippen LogP contribution in [0.4, 0.5) is 0 Å². The molecule has 4 heteroatoms. The van der Waals surface area contributed by atoms with Gasteiger partial charge in [-0.3, -0.25) is 9.69 Å². The van der Waals surface area contributed by atoms with Crippen molar-refractivity contribution in [3.63, 3.8) is 0 Å². The second kappa shape index (κ2) is 10.2. The normalized spacial score (nSPS) is 24.3. The van der Waals surface area contributed by atoms with Crippen molar-refractivity contribution in [3.8, 4) is 11.5 Å². The molecule has 0 saturated carbocycles. The average Bonchev–Trinajstić information content (AvgIpc) is 3.16. The molecule has 4 rings (SSSR count). The van der Waals surface area contributed by atoms with Gasteiger partial charge in [-0.1, -0.05) is 32.9 Å². The number of piperidine rings is 1. The zero-order valence-electron chi connectivity index (χ0n) is 25.6. The zero-order valence-corrected chi connectivity index (χ0v) is 23.6. The molecule has 4 nitrogen and oxygen atoms in total. The summed E-state index contributed by atoms with van der Waals surface area (Å²) in [5, 5.41) is 0. The number of ether oxygens (including phenoxy) is 2. The lowest BCUT2D eigenvalue weighted by molar-refractivity contribution is -0.0347. The van der Waals surface area contributed by atoms with E-state index in [2.05, 4.69) is 32.6 Å². The predicted molar refractivity (Wildman–Crippen MR) is 147 cm³/mol. The van der Waals surface area contributed by atoms with Gasteiger partial charge in [0.05, 0.1) is 16.0 Å². The average molecular weight is 494 g/mol. The van der Waals surface area contributed by atoms with E-state index >= 15 is 0 Å². The highest BCUT2D eigenvalue weighted by atomic mass is 16.5. The van der Waals surface area contributed by atoms with Gasteiger partial charge in [0, 0.05) is 24.6 Å². The first-order chi connectivity index (χ1) is 17.8. The van der Waals surface area contributed by atoms with Gasteiger partial charge in [0.2, 0.25) is 0 Å².